The summed E-state index contributed by atoms with van der Waals surface area (Å²) in [4.78, 5) is 45.0. The number of nitrogens with zero attached hydrogens (tertiary/aromatic N) is 2. The Morgan fingerprint density at radius 1 is 1.12 bits per heavy atom. The molecular weight excluding hydrogens is 424 g/mol. The number of pyridine rings is 1. The van der Waals surface area contributed by atoms with E-state index in [4.69, 9.17) is 9.15 Å². The van der Waals surface area contributed by atoms with E-state index < -0.39 is 23.8 Å². The average Bonchev–Trinajstić information content (AvgIpc) is 3.61. The lowest BCUT2D eigenvalue weighted by Gasteiger charge is -2.30. The summed E-state index contributed by atoms with van der Waals surface area (Å²) in [7, 11) is 0. The van der Waals surface area contributed by atoms with Crippen molar-refractivity contribution in [2.24, 2.45) is 0 Å². The van der Waals surface area contributed by atoms with Crippen molar-refractivity contribution in [1.82, 2.24) is 20.5 Å². The standard InChI is InChI=1S/C24H30N4O5/c29-22(26-15-19-9-4-12-32-19)21(20-10-5-13-33-20)28(16-17-6-3-11-25-14-17)24(31)23(30)27-18-7-1-2-8-18/h3,5-6,10-11,13-14,18-19,21H,1-2,4,7-9,12,15-16H2,(H,26,29)(H,27,30)/t19-,21+/m0/s1. The van der Waals surface area contributed by atoms with E-state index in [1.54, 1.807) is 36.7 Å². The predicted molar refractivity (Wildman–Crippen MR) is 119 cm³/mol. The molecule has 2 aliphatic rings. The van der Waals surface area contributed by atoms with Crippen molar-refractivity contribution in [2.75, 3.05) is 13.2 Å². The molecule has 0 radical (unpaired) electrons. The first-order chi connectivity index (χ1) is 16.1. The van der Waals surface area contributed by atoms with Crippen LogP contribution in [0.5, 0.6) is 0 Å². The summed E-state index contributed by atoms with van der Waals surface area (Å²) in [5.41, 5.74) is 0.697. The van der Waals surface area contributed by atoms with Crippen molar-refractivity contribution < 1.29 is 23.5 Å². The molecule has 1 aliphatic carbocycles. The molecule has 0 spiro atoms. The maximum Gasteiger partial charge on any atom is 0.313 e. The molecule has 0 bridgehead atoms. The molecule has 9 nitrogen and oxygen atoms in total. The van der Waals surface area contributed by atoms with Gasteiger partial charge < -0.3 is 24.7 Å². The summed E-state index contributed by atoms with van der Waals surface area (Å²) < 4.78 is 11.1. The minimum absolute atomic E-state index is 0.0166. The van der Waals surface area contributed by atoms with Gasteiger partial charge in [0.1, 0.15) is 5.76 Å². The van der Waals surface area contributed by atoms with Gasteiger partial charge in [0, 0.05) is 38.1 Å². The second-order valence-corrected chi connectivity index (χ2v) is 8.55. The van der Waals surface area contributed by atoms with Crippen LogP contribution in [0.15, 0.2) is 47.3 Å². The maximum absolute atomic E-state index is 13.4. The number of furan rings is 1. The maximum atomic E-state index is 13.4. The normalized spacial score (nSPS) is 19.2. The molecule has 2 aromatic rings. The number of ether oxygens (including phenoxy) is 1. The molecule has 2 fully saturated rings. The van der Waals surface area contributed by atoms with Gasteiger partial charge in [0.05, 0.1) is 12.4 Å². The number of rotatable bonds is 8. The van der Waals surface area contributed by atoms with Crippen molar-refractivity contribution in [2.45, 2.75) is 63.3 Å². The third kappa shape index (κ3) is 5.98. The van der Waals surface area contributed by atoms with Crippen LogP contribution in [0.1, 0.15) is 55.9 Å². The van der Waals surface area contributed by atoms with Crippen LogP contribution in [-0.2, 0) is 25.7 Å². The number of amides is 3. The Kier molecular flexibility index (Phi) is 7.72. The monoisotopic (exact) mass is 454 g/mol. The molecule has 2 atom stereocenters. The summed E-state index contributed by atoms with van der Waals surface area (Å²) in [6, 6.07) is 5.71. The lowest BCUT2D eigenvalue weighted by Crippen LogP contribution is -2.50. The number of aromatic nitrogens is 1. The van der Waals surface area contributed by atoms with Gasteiger partial charge >= 0.3 is 11.8 Å². The topological polar surface area (TPSA) is 114 Å². The smallest absolute Gasteiger partial charge is 0.313 e. The summed E-state index contributed by atoms with van der Waals surface area (Å²) in [5.74, 6) is -1.63. The van der Waals surface area contributed by atoms with E-state index in [1.807, 2.05) is 0 Å². The van der Waals surface area contributed by atoms with Crippen LogP contribution >= 0.6 is 0 Å². The van der Waals surface area contributed by atoms with Gasteiger partial charge in [-0.15, -0.1) is 0 Å². The second-order valence-electron chi connectivity index (χ2n) is 8.55. The van der Waals surface area contributed by atoms with Gasteiger partial charge in [-0.1, -0.05) is 18.9 Å². The Bertz CT molecular complexity index is 922. The average molecular weight is 455 g/mol. The predicted octanol–water partition coefficient (Wildman–Crippen LogP) is 2.10. The first-order valence-corrected chi connectivity index (χ1v) is 11.5. The van der Waals surface area contributed by atoms with E-state index in [-0.39, 0.29) is 24.5 Å². The van der Waals surface area contributed by atoms with E-state index >= 15 is 0 Å². The van der Waals surface area contributed by atoms with Crippen molar-refractivity contribution >= 4 is 17.7 Å². The molecule has 3 amide bonds. The molecule has 0 unspecified atom stereocenters. The number of carbonyl (C=O) groups excluding carboxylic acids is 3. The summed E-state index contributed by atoms with van der Waals surface area (Å²) in [5, 5.41) is 5.71. The van der Waals surface area contributed by atoms with Crippen molar-refractivity contribution in [1.29, 1.82) is 0 Å². The molecule has 1 saturated heterocycles. The minimum atomic E-state index is -1.11. The highest BCUT2D eigenvalue weighted by molar-refractivity contribution is 6.35. The molecule has 176 valence electrons. The molecule has 4 rings (SSSR count). The highest BCUT2D eigenvalue weighted by Crippen LogP contribution is 2.25. The van der Waals surface area contributed by atoms with Crippen LogP contribution in [-0.4, -0.2) is 52.9 Å². The molecule has 33 heavy (non-hydrogen) atoms. The number of hydrogen-bond acceptors (Lipinski definition) is 6. The Labute approximate surface area is 192 Å². The molecule has 3 heterocycles. The summed E-state index contributed by atoms with van der Waals surface area (Å²) in [6.45, 7) is 1.04. The number of nitrogens with one attached hydrogen (secondary N) is 2. The highest BCUT2D eigenvalue weighted by atomic mass is 16.5. The van der Waals surface area contributed by atoms with Gasteiger partial charge in [-0.2, -0.15) is 0 Å². The molecule has 2 aromatic heterocycles. The molecule has 9 heteroatoms. The first kappa shape index (κ1) is 23.0. The lowest BCUT2D eigenvalue weighted by atomic mass is 10.1. The van der Waals surface area contributed by atoms with Crippen LogP contribution in [0.25, 0.3) is 0 Å². The fraction of sp³-hybridized carbons (Fsp3) is 0.500. The van der Waals surface area contributed by atoms with E-state index in [2.05, 4.69) is 15.6 Å². The SMILES string of the molecule is O=C(NC1CCCC1)C(=O)N(Cc1cccnc1)[C@@H](C(=O)NC[C@@H]1CCCO1)c1ccco1. The second kappa shape index (κ2) is 11.1. The van der Waals surface area contributed by atoms with Crippen molar-refractivity contribution in [3.63, 3.8) is 0 Å². The third-order valence-corrected chi connectivity index (χ3v) is 6.12. The van der Waals surface area contributed by atoms with Crippen LogP contribution in [0.2, 0.25) is 0 Å². The van der Waals surface area contributed by atoms with E-state index in [1.165, 1.54) is 11.2 Å². The van der Waals surface area contributed by atoms with Crippen LogP contribution in [0, 0.1) is 0 Å². The van der Waals surface area contributed by atoms with Gasteiger partial charge in [-0.3, -0.25) is 19.4 Å². The van der Waals surface area contributed by atoms with Crippen molar-refractivity contribution in [3.05, 3.63) is 54.2 Å². The van der Waals surface area contributed by atoms with Gasteiger partial charge in [-0.05, 0) is 49.4 Å². The largest absolute Gasteiger partial charge is 0.467 e. The Morgan fingerprint density at radius 2 is 1.97 bits per heavy atom. The Hall–Kier alpha value is -3.20. The van der Waals surface area contributed by atoms with Gasteiger partial charge in [0.15, 0.2) is 6.04 Å². The molecule has 1 aliphatic heterocycles. The van der Waals surface area contributed by atoms with Gasteiger partial charge in [-0.25, -0.2) is 0 Å². The summed E-state index contributed by atoms with van der Waals surface area (Å²) >= 11 is 0. The number of carbonyl (C=O) groups is 3. The lowest BCUT2D eigenvalue weighted by molar-refractivity contribution is -0.151. The number of hydrogen-bond donors (Lipinski definition) is 2. The molecule has 2 N–H and O–H groups in total. The van der Waals surface area contributed by atoms with Crippen LogP contribution in [0.4, 0.5) is 0 Å². The molecular formula is C24H30N4O5. The van der Waals surface area contributed by atoms with Crippen LogP contribution < -0.4 is 10.6 Å². The zero-order chi connectivity index (χ0) is 23.0. The Balaban J connectivity index is 1.57. The van der Waals surface area contributed by atoms with Gasteiger partial charge in [0.2, 0.25) is 0 Å². The molecule has 1 saturated carbocycles. The highest BCUT2D eigenvalue weighted by Gasteiger charge is 2.37. The van der Waals surface area contributed by atoms with E-state index in [0.717, 1.165) is 38.5 Å². The minimum Gasteiger partial charge on any atom is -0.467 e. The quantitative estimate of drug-likeness (QED) is 0.591. The van der Waals surface area contributed by atoms with Crippen LogP contribution in [0.3, 0.4) is 0 Å². The fourth-order valence-electron chi connectivity index (χ4n) is 4.40. The van der Waals surface area contributed by atoms with E-state index in [0.29, 0.717) is 18.7 Å². The Morgan fingerprint density at radius 3 is 2.64 bits per heavy atom. The van der Waals surface area contributed by atoms with Gasteiger partial charge in [0.25, 0.3) is 5.91 Å². The zero-order valence-electron chi connectivity index (χ0n) is 18.6. The first-order valence-electron chi connectivity index (χ1n) is 11.5. The molecule has 0 aromatic carbocycles. The van der Waals surface area contributed by atoms with E-state index in [9.17, 15) is 14.4 Å². The zero-order valence-corrected chi connectivity index (χ0v) is 18.6. The fourth-order valence-corrected chi connectivity index (χ4v) is 4.40. The third-order valence-electron chi connectivity index (χ3n) is 6.12. The van der Waals surface area contributed by atoms with Crippen molar-refractivity contribution in [3.8, 4) is 0 Å². The summed E-state index contributed by atoms with van der Waals surface area (Å²) in [6.07, 6.45) is 10.2.